The van der Waals surface area contributed by atoms with E-state index in [0.29, 0.717) is 23.4 Å². The summed E-state index contributed by atoms with van der Waals surface area (Å²) in [7, 11) is 0. The molecule has 0 fully saturated rings. The largest absolute Gasteiger partial charge is 0.384 e. The van der Waals surface area contributed by atoms with Crippen molar-refractivity contribution in [2.45, 2.75) is 32.4 Å². The molecule has 1 unspecified atom stereocenters. The highest BCUT2D eigenvalue weighted by Gasteiger charge is 2.23. The first-order valence-electron chi connectivity index (χ1n) is 6.90. The first-order valence-corrected chi connectivity index (χ1v) is 7.28. The van der Waals surface area contributed by atoms with Crippen LogP contribution in [0.3, 0.4) is 0 Å². The average molecular weight is 288 g/mol. The molecule has 3 nitrogen and oxygen atoms in total. The highest BCUT2D eigenvalue weighted by Crippen LogP contribution is 2.32. The molecule has 1 atom stereocenters. The fraction of sp³-hybridized carbons (Fsp3) is 0.312. The number of benzene rings is 1. The van der Waals surface area contributed by atoms with Gasteiger partial charge in [-0.3, -0.25) is 0 Å². The molecule has 2 aromatic rings. The molecular weight excluding hydrogens is 270 g/mol. The minimum Gasteiger partial charge on any atom is -0.384 e. The van der Waals surface area contributed by atoms with Gasteiger partial charge in [0.1, 0.15) is 5.82 Å². The van der Waals surface area contributed by atoms with E-state index >= 15 is 0 Å². The van der Waals surface area contributed by atoms with Crippen LogP contribution in [-0.4, -0.2) is 11.0 Å². The number of pyridine rings is 1. The second-order valence-electron chi connectivity index (χ2n) is 5.31. The maximum absolute atomic E-state index is 6.25. The SMILES string of the molecule is CC1CCc2ccccc2N1Cc1nc(N)ccc1Cl. The van der Waals surface area contributed by atoms with Crippen molar-refractivity contribution in [1.82, 2.24) is 4.98 Å². The van der Waals surface area contributed by atoms with Gasteiger partial charge in [0.2, 0.25) is 0 Å². The standard InChI is InChI=1S/C16H18ClN3/c1-11-6-7-12-4-2-3-5-15(12)20(11)10-14-13(17)8-9-16(18)19-14/h2-5,8-9,11H,6-7,10H2,1H3,(H2,18,19). The molecule has 0 amide bonds. The van der Waals surface area contributed by atoms with Crippen LogP contribution in [0, 0.1) is 0 Å². The topological polar surface area (TPSA) is 42.2 Å². The Bertz CT molecular complexity index is 627. The molecule has 1 aromatic carbocycles. The third-order valence-electron chi connectivity index (χ3n) is 3.92. The Kier molecular flexibility index (Phi) is 3.53. The molecule has 0 aliphatic carbocycles. The number of nitrogens with zero attached hydrogens (tertiary/aromatic N) is 2. The fourth-order valence-corrected chi connectivity index (χ4v) is 2.94. The third-order valence-corrected chi connectivity index (χ3v) is 4.27. The molecule has 1 aromatic heterocycles. The van der Waals surface area contributed by atoms with Crippen molar-refractivity contribution in [2.75, 3.05) is 10.6 Å². The van der Waals surface area contributed by atoms with Gasteiger partial charge in [0.15, 0.2) is 0 Å². The summed E-state index contributed by atoms with van der Waals surface area (Å²) >= 11 is 6.25. The Morgan fingerprint density at radius 2 is 2.10 bits per heavy atom. The maximum Gasteiger partial charge on any atom is 0.123 e. The molecule has 2 N–H and O–H groups in total. The molecule has 3 rings (SSSR count). The van der Waals surface area contributed by atoms with Crippen LogP contribution in [0.4, 0.5) is 11.5 Å². The van der Waals surface area contributed by atoms with E-state index in [1.54, 1.807) is 6.07 Å². The number of nitrogen functional groups attached to an aromatic ring is 1. The lowest BCUT2D eigenvalue weighted by molar-refractivity contribution is 0.557. The summed E-state index contributed by atoms with van der Waals surface area (Å²) in [6.07, 6.45) is 2.28. The number of anilines is 2. The van der Waals surface area contributed by atoms with E-state index in [0.717, 1.165) is 18.5 Å². The van der Waals surface area contributed by atoms with Crippen LogP contribution in [0.25, 0.3) is 0 Å². The van der Waals surface area contributed by atoms with E-state index in [9.17, 15) is 0 Å². The summed E-state index contributed by atoms with van der Waals surface area (Å²) in [6.45, 7) is 2.94. The predicted molar refractivity (Wildman–Crippen MR) is 84.1 cm³/mol. The highest BCUT2D eigenvalue weighted by atomic mass is 35.5. The lowest BCUT2D eigenvalue weighted by atomic mass is 9.96. The first kappa shape index (κ1) is 13.3. The number of para-hydroxylation sites is 1. The van der Waals surface area contributed by atoms with Gasteiger partial charge in [-0.1, -0.05) is 29.8 Å². The van der Waals surface area contributed by atoms with Gasteiger partial charge in [-0.2, -0.15) is 0 Å². The molecule has 1 aliphatic rings. The molecule has 0 bridgehead atoms. The van der Waals surface area contributed by atoms with Gasteiger partial charge < -0.3 is 10.6 Å². The number of hydrogen-bond donors (Lipinski definition) is 1. The zero-order valence-electron chi connectivity index (χ0n) is 11.5. The zero-order chi connectivity index (χ0) is 14.1. The maximum atomic E-state index is 6.25. The third kappa shape index (κ3) is 2.46. The van der Waals surface area contributed by atoms with Crippen molar-refractivity contribution < 1.29 is 0 Å². The summed E-state index contributed by atoms with van der Waals surface area (Å²) in [4.78, 5) is 6.75. The lowest BCUT2D eigenvalue weighted by Gasteiger charge is -2.37. The second-order valence-corrected chi connectivity index (χ2v) is 5.72. The van der Waals surface area contributed by atoms with Crippen LogP contribution in [0.5, 0.6) is 0 Å². The van der Waals surface area contributed by atoms with Gasteiger partial charge >= 0.3 is 0 Å². The summed E-state index contributed by atoms with van der Waals surface area (Å²) in [5.74, 6) is 0.516. The Balaban J connectivity index is 1.95. The number of aromatic nitrogens is 1. The zero-order valence-corrected chi connectivity index (χ0v) is 12.3. The van der Waals surface area contributed by atoms with E-state index in [2.05, 4.69) is 41.1 Å². The predicted octanol–water partition coefficient (Wildman–Crippen LogP) is 3.66. The van der Waals surface area contributed by atoms with Crippen molar-refractivity contribution in [1.29, 1.82) is 0 Å². The fourth-order valence-electron chi connectivity index (χ4n) is 2.77. The van der Waals surface area contributed by atoms with E-state index in [-0.39, 0.29) is 0 Å². The van der Waals surface area contributed by atoms with Crippen molar-refractivity contribution >= 4 is 23.1 Å². The molecule has 2 heterocycles. The summed E-state index contributed by atoms with van der Waals surface area (Å²) < 4.78 is 0. The molecule has 0 saturated carbocycles. The Hall–Kier alpha value is -1.74. The summed E-state index contributed by atoms with van der Waals surface area (Å²) in [5.41, 5.74) is 9.29. The lowest BCUT2D eigenvalue weighted by Crippen LogP contribution is -2.37. The molecule has 1 aliphatic heterocycles. The van der Waals surface area contributed by atoms with Crippen LogP contribution < -0.4 is 10.6 Å². The van der Waals surface area contributed by atoms with Gasteiger partial charge in [-0.05, 0) is 43.5 Å². The van der Waals surface area contributed by atoms with Gasteiger partial charge in [0.05, 0.1) is 17.3 Å². The molecule has 0 radical (unpaired) electrons. The van der Waals surface area contributed by atoms with Gasteiger partial charge in [-0.15, -0.1) is 0 Å². The first-order chi connectivity index (χ1) is 9.65. The van der Waals surface area contributed by atoms with E-state index < -0.39 is 0 Å². The van der Waals surface area contributed by atoms with Crippen LogP contribution >= 0.6 is 11.6 Å². The minimum atomic E-state index is 0.476. The molecular formula is C16H18ClN3. The Morgan fingerprint density at radius 1 is 1.30 bits per heavy atom. The van der Waals surface area contributed by atoms with Crippen molar-refractivity contribution in [3.63, 3.8) is 0 Å². The molecule has 0 spiro atoms. The highest BCUT2D eigenvalue weighted by molar-refractivity contribution is 6.31. The van der Waals surface area contributed by atoms with Crippen LogP contribution in [-0.2, 0) is 13.0 Å². The van der Waals surface area contributed by atoms with Crippen LogP contribution in [0.15, 0.2) is 36.4 Å². The summed E-state index contributed by atoms with van der Waals surface area (Å²) in [6, 6.07) is 12.6. The molecule has 104 valence electrons. The van der Waals surface area contributed by atoms with Crippen LogP contribution in [0.2, 0.25) is 5.02 Å². The van der Waals surface area contributed by atoms with Gasteiger partial charge in [-0.25, -0.2) is 4.98 Å². The minimum absolute atomic E-state index is 0.476. The number of aryl methyl sites for hydroxylation is 1. The number of rotatable bonds is 2. The number of fused-ring (bicyclic) bond motifs is 1. The van der Waals surface area contributed by atoms with Gasteiger partial charge in [0, 0.05) is 11.7 Å². The normalized spacial score (nSPS) is 17.9. The average Bonchev–Trinajstić information content (AvgIpc) is 2.46. The van der Waals surface area contributed by atoms with E-state index in [1.807, 2.05) is 6.07 Å². The Morgan fingerprint density at radius 3 is 2.95 bits per heavy atom. The number of hydrogen-bond acceptors (Lipinski definition) is 3. The number of halogens is 1. The molecule has 4 heteroatoms. The van der Waals surface area contributed by atoms with Crippen LogP contribution in [0.1, 0.15) is 24.6 Å². The monoisotopic (exact) mass is 287 g/mol. The van der Waals surface area contributed by atoms with E-state index in [1.165, 1.54) is 11.3 Å². The van der Waals surface area contributed by atoms with Crippen molar-refractivity contribution in [3.05, 3.63) is 52.7 Å². The molecule has 20 heavy (non-hydrogen) atoms. The second kappa shape index (κ2) is 5.33. The molecule has 0 saturated heterocycles. The summed E-state index contributed by atoms with van der Waals surface area (Å²) in [5, 5.41) is 0.675. The Labute approximate surface area is 124 Å². The quantitative estimate of drug-likeness (QED) is 0.916. The van der Waals surface area contributed by atoms with E-state index in [4.69, 9.17) is 17.3 Å². The number of nitrogens with two attached hydrogens (primary N) is 1. The van der Waals surface area contributed by atoms with Crippen molar-refractivity contribution in [2.24, 2.45) is 0 Å². The smallest absolute Gasteiger partial charge is 0.123 e. The van der Waals surface area contributed by atoms with Crippen molar-refractivity contribution in [3.8, 4) is 0 Å². The van der Waals surface area contributed by atoms with Gasteiger partial charge in [0.25, 0.3) is 0 Å².